The van der Waals surface area contributed by atoms with Gasteiger partial charge in [-0.15, -0.1) is 0 Å². The highest BCUT2D eigenvalue weighted by Crippen LogP contribution is 2.23. The van der Waals surface area contributed by atoms with E-state index in [4.69, 9.17) is 17.3 Å². The third kappa shape index (κ3) is 3.55. The summed E-state index contributed by atoms with van der Waals surface area (Å²) in [5.41, 5.74) is 10.1. The van der Waals surface area contributed by atoms with Crippen LogP contribution in [0.25, 0.3) is 0 Å². The van der Waals surface area contributed by atoms with Gasteiger partial charge in [-0.05, 0) is 44.5 Å². The van der Waals surface area contributed by atoms with Gasteiger partial charge in [-0.25, -0.2) is 0 Å². The van der Waals surface area contributed by atoms with E-state index in [1.807, 2.05) is 25.5 Å². The molecule has 0 unspecified atom stereocenters. The Bertz CT molecular complexity index is 679. The van der Waals surface area contributed by atoms with Gasteiger partial charge in [-0.1, -0.05) is 11.6 Å². The quantitative estimate of drug-likeness (QED) is 0.853. The maximum absolute atomic E-state index is 12.0. The number of aryl methyl sites for hydroxylation is 2. The Morgan fingerprint density at radius 2 is 2.10 bits per heavy atom. The first-order chi connectivity index (χ1) is 9.88. The second-order valence-corrected chi connectivity index (χ2v) is 5.49. The third-order valence-electron chi connectivity index (χ3n) is 3.58. The number of anilines is 2. The van der Waals surface area contributed by atoms with Crippen LogP contribution in [0.1, 0.15) is 23.4 Å². The number of hydrogen-bond donors (Lipinski definition) is 2. The summed E-state index contributed by atoms with van der Waals surface area (Å²) in [6.45, 7) is 6.53. The van der Waals surface area contributed by atoms with E-state index >= 15 is 0 Å². The van der Waals surface area contributed by atoms with Crippen LogP contribution in [0.4, 0.5) is 11.4 Å². The molecule has 6 heteroatoms. The molecule has 21 heavy (non-hydrogen) atoms. The summed E-state index contributed by atoms with van der Waals surface area (Å²) in [4.78, 5) is 12.0. The van der Waals surface area contributed by atoms with E-state index in [1.54, 1.807) is 18.2 Å². The lowest BCUT2D eigenvalue weighted by Gasteiger charge is -2.09. The molecule has 5 nitrogen and oxygen atoms in total. The Kier molecular flexibility index (Phi) is 4.53. The normalized spacial score (nSPS) is 10.7. The minimum Gasteiger partial charge on any atom is -0.397 e. The molecule has 1 amide bonds. The molecule has 0 aliphatic rings. The average molecular weight is 307 g/mol. The Hall–Kier alpha value is -2.01. The van der Waals surface area contributed by atoms with Gasteiger partial charge >= 0.3 is 0 Å². The zero-order chi connectivity index (χ0) is 15.6. The summed E-state index contributed by atoms with van der Waals surface area (Å²) in [6.07, 6.45) is 0.327. The lowest BCUT2D eigenvalue weighted by atomic mass is 10.2. The van der Waals surface area contributed by atoms with E-state index in [0.717, 1.165) is 17.0 Å². The predicted octanol–water partition coefficient (Wildman–Crippen LogP) is 3.07. The largest absolute Gasteiger partial charge is 0.397 e. The van der Waals surface area contributed by atoms with Gasteiger partial charge in [0.1, 0.15) is 0 Å². The summed E-state index contributed by atoms with van der Waals surface area (Å²) >= 11 is 5.89. The fourth-order valence-corrected chi connectivity index (χ4v) is 2.23. The molecule has 0 radical (unpaired) electrons. The number of carbonyl (C=O) groups is 1. The monoisotopic (exact) mass is 306 g/mol. The summed E-state index contributed by atoms with van der Waals surface area (Å²) in [5.74, 6) is -0.117. The fraction of sp³-hybridized carbons (Fsp3) is 0.333. The Morgan fingerprint density at radius 3 is 2.71 bits per heavy atom. The van der Waals surface area contributed by atoms with E-state index in [9.17, 15) is 4.79 Å². The van der Waals surface area contributed by atoms with E-state index in [1.165, 1.54) is 0 Å². The van der Waals surface area contributed by atoms with Crippen molar-refractivity contribution < 1.29 is 4.79 Å². The molecule has 0 spiro atoms. The first kappa shape index (κ1) is 15.4. The number of nitrogens with two attached hydrogens (primary N) is 1. The van der Waals surface area contributed by atoms with Crippen molar-refractivity contribution in [2.45, 2.75) is 33.7 Å². The molecule has 2 aromatic rings. The van der Waals surface area contributed by atoms with Crippen LogP contribution in [0.2, 0.25) is 5.02 Å². The average Bonchev–Trinajstić information content (AvgIpc) is 2.68. The van der Waals surface area contributed by atoms with Gasteiger partial charge in [-0.2, -0.15) is 5.10 Å². The van der Waals surface area contributed by atoms with E-state index in [-0.39, 0.29) is 5.91 Å². The van der Waals surface area contributed by atoms with Gasteiger partial charge in [-0.3, -0.25) is 9.48 Å². The first-order valence-corrected chi connectivity index (χ1v) is 7.11. The van der Waals surface area contributed by atoms with Crippen molar-refractivity contribution in [2.24, 2.45) is 0 Å². The van der Waals surface area contributed by atoms with Crippen LogP contribution in [-0.4, -0.2) is 15.7 Å². The topological polar surface area (TPSA) is 72.9 Å². The molecule has 0 saturated heterocycles. The second kappa shape index (κ2) is 6.18. The molecule has 1 aromatic carbocycles. The van der Waals surface area contributed by atoms with Crippen molar-refractivity contribution in [3.05, 3.63) is 40.2 Å². The number of nitrogens with one attached hydrogen (secondary N) is 1. The number of aromatic nitrogens is 2. The molecule has 0 bridgehead atoms. The van der Waals surface area contributed by atoms with Crippen molar-refractivity contribution in [3.8, 4) is 0 Å². The molecule has 1 aromatic heterocycles. The van der Waals surface area contributed by atoms with Crippen LogP contribution in [0.3, 0.4) is 0 Å². The van der Waals surface area contributed by atoms with Crippen LogP contribution < -0.4 is 11.1 Å². The SMILES string of the molecule is Cc1nn(CCC(=O)Nc2cc(Cl)ccc2N)c(C)c1C. The molecule has 112 valence electrons. The molecule has 0 saturated carbocycles. The molecule has 3 N–H and O–H groups in total. The zero-order valence-corrected chi connectivity index (χ0v) is 13.2. The molecule has 0 fully saturated rings. The third-order valence-corrected chi connectivity index (χ3v) is 3.82. The van der Waals surface area contributed by atoms with Crippen molar-refractivity contribution in [1.29, 1.82) is 0 Å². The maximum Gasteiger partial charge on any atom is 0.226 e. The summed E-state index contributed by atoms with van der Waals surface area (Å²) < 4.78 is 1.85. The van der Waals surface area contributed by atoms with Crippen molar-refractivity contribution in [1.82, 2.24) is 9.78 Å². The van der Waals surface area contributed by atoms with Crippen LogP contribution >= 0.6 is 11.6 Å². The molecule has 0 aliphatic carbocycles. The van der Waals surface area contributed by atoms with Crippen LogP contribution in [0, 0.1) is 20.8 Å². The van der Waals surface area contributed by atoms with Crippen LogP contribution in [-0.2, 0) is 11.3 Å². The van der Waals surface area contributed by atoms with Gasteiger partial charge in [0, 0.05) is 23.7 Å². The highest BCUT2D eigenvalue weighted by Gasteiger charge is 2.10. The smallest absolute Gasteiger partial charge is 0.226 e. The van der Waals surface area contributed by atoms with Crippen molar-refractivity contribution in [3.63, 3.8) is 0 Å². The molecule has 1 heterocycles. The number of halogens is 1. The van der Waals surface area contributed by atoms with Crippen molar-refractivity contribution >= 4 is 28.9 Å². The van der Waals surface area contributed by atoms with Crippen LogP contribution in [0.5, 0.6) is 0 Å². The minimum absolute atomic E-state index is 0.117. The number of rotatable bonds is 4. The van der Waals surface area contributed by atoms with Gasteiger partial charge in [0.25, 0.3) is 0 Å². The zero-order valence-electron chi connectivity index (χ0n) is 12.4. The minimum atomic E-state index is -0.117. The van der Waals surface area contributed by atoms with Gasteiger partial charge < -0.3 is 11.1 Å². The number of carbonyl (C=O) groups excluding carboxylic acids is 1. The Morgan fingerprint density at radius 1 is 1.38 bits per heavy atom. The van der Waals surface area contributed by atoms with E-state index in [2.05, 4.69) is 10.4 Å². The Labute approximate surface area is 129 Å². The van der Waals surface area contributed by atoms with Gasteiger partial charge in [0.2, 0.25) is 5.91 Å². The number of nitrogens with zero attached hydrogens (tertiary/aromatic N) is 2. The molecular weight excluding hydrogens is 288 g/mol. The van der Waals surface area contributed by atoms with Gasteiger partial charge in [0.05, 0.1) is 17.1 Å². The fourth-order valence-electron chi connectivity index (χ4n) is 2.06. The summed E-state index contributed by atoms with van der Waals surface area (Å²) in [5, 5.41) is 7.72. The number of benzene rings is 1. The summed E-state index contributed by atoms with van der Waals surface area (Å²) in [6, 6.07) is 5.00. The molecule has 2 rings (SSSR count). The number of nitrogen functional groups attached to an aromatic ring is 1. The summed E-state index contributed by atoms with van der Waals surface area (Å²) in [7, 11) is 0. The predicted molar refractivity (Wildman–Crippen MR) is 85.5 cm³/mol. The van der Waals surface area contributed by atoms with Crippen molar-refractivity contribution in [2.75, 3.05) is 11.1 Å². The first-order valence-electron chi connectivity index (χ1n) is 6.74. The molecule has 0 atom stereocenters. The second-order valence-electron chi connectivity index (χ2n) is 5.05. The Balaban J connectivity index is 1.99. The van der Waals surface area contributed by atoms with E-state index in [0.29, 0.717) is 29.4 Å². The number of amides is 1. The lowest BCUT2D eigenvalue weighted by molar-refractivity contribution is -0.116. The van der Waals surface area contributed by atoms with E-state index < -0.39 is 0 Å². The highest BCUT2D eigenvalue weighted by molar-refractivity contribution is 6.31. The molecular formula is C15H19ClN4O. The molecule has 0 aliphatic heterocycles. The number of hydrogen-bond acceptors (Lipinski definition) is 3. The standard InChI is InChI=1S/C15H19ClN4O/c1-9-10(2)19-20(11(9)3)7-6-15(21)18-14-8-12(16)4-5-13(14)17/h4-5,8H,6-7,17H2,1-3H3,(H,18,21). The maximum atomic E-state index is 12.0. The lowest BCUT2D eigenvalue weighted by Crippen LogP contribution is -2.16. The highest BCUT2D eigenvalue weighted by atomic mass is 35.5. The van der Waals surface area contributed by atoms with Gasteiger partial charge in [0.15, 0.2) is 0 Å². The van der Waals surface area contributed by atoms with Crippen LogP contribution in [0.15, 0.2) is 18.2 Å².